The molecular weight excluding hydrogens is 334 g/mol. The molecule has 6 nitrogen and oxygen atoms in total. The zero-order chi connectivity index (χ0) is 18.7. The summed E-state index contributed by atoms with van der Waals surface area (Å²) in [5, 5.41) is 12.8. The van der Waals surface area contributed by atoms with Gasteiger partial charge >= 0.3 is 5.97 Å². The number of nitro benzene ring substituents is 1. The van der Waals surface area contributed by atoms with Crippen LogP contribution >= 0.6 is 0 Å². The summed E-state index contributed by atoms with van der Waals surface area (Å²) in [5.41, 5.74) is 0.898. The molecule has 130 valence electrons. The summed E-state index contributed by atoms with van der Waals surface area (Å²) in [6.45, 7) is 1.14. The van der Waals surface area contributed by atoms with Crippen molar-refractivity contribution >= 4 is 28.2 Å². The van der Waals surface area contributed by atoms with Crippen molar-refractivity contribution in [3.8, 4) is 0 Å². The van der Waals surface area contributed by atoms with E-state index in [9.17, 15) is 19.7 Å². The Morgan fingerprint density at radius 1 is 0.962 bits per heavy atom. The number of hydrogen-bond acceptors (Lipinski definition) is 5. The first-order valence-corrected chi connectivity index (χ1v) is 7.90. The molecule has 6 heteroatoms. The Kier molecular flexibility index (Phi) is 4.75. The van der Waals surface area contributed by atoms with Crippen LogP contribution in [0.15, 0.2) is 60.7 Å². The number of carbonyl (C=O) groups is 2. The maximum absolute atomic E-state index is 12.3. The predicted molar refractivity (Wildman–Crippen MR) is 96.4 cm³/mol. The molecule has 3 rings (SSSR count). The molecule has 0 unspecified atom stereocenters. The van der Waals surface area contributed by atoms with Crippen LogP contribution in [0.3, 0.4) is 0 Å². The van der Waals surface area contributed by atoms with E-state index in [1.54, 1.807) is 12.1 Å². The molecule has 0 heterocycles. The molecule has 0 atom stereocenters. The van der Waals surface area contributed by atoms with Crippen molar-refractivity contribution in [1.29, 1.82) is 0 Å². The van der Waals surface area contributed by atoms with E-state index in [0.29, 0.717) is 11.1 Å². The summed E-state index contributed by atoms with van der Waals surface area (Å²) < 4.78 is 5.05. The first-order chi connectivity index (χ1) is 12.5. The number of benzene rings is 3. The van der Waals surface area contributed by atoms with E-state index in [4.69, 9.17) is 4.74 Å². The Morgan fingerprint density at radius 2 is 1.65 bits per heavy atom. The quantitative estimate of drug-likeness (QED) is 0.300. The van der Waals surface area contributed by atoms with Crippen LogP contribution in [-0.4, -0.2) is 23.3 Å². The smallest absolute Gasteiger partial charge is 0.338 e. The highest BCUT2D eigenvalue weighted by molar-refractivity contribution is 6.02. The lowest BCUT2D eigenvalue weighted by molar-refractivity contribution is -0.385. The molecule has 3 aromatic carbocycles. The SMILES string of the molecule is Cc1cc(C(=O)OCC(=O)c2ccc3ccccc3c2)ccc1[N+](=O)[O-]. The van der Waals surface area contributed by atoms with E-state index in [-0.39, 0.29) is 17.0 Å². The van der Waals surface area contributed by atoms with E-state index in [2.05, 4.69) is 0 Å². The molecule has 0 radical (unpaired) electrons. The second kappa shape index (κ2) is 7.14. The number of rotatable bonds is 5. The summed E-state index contributed by atoms with van der Waals surface area (Å²) in [7, 11) is 0. The van der Waals surface area contributed by atoms with Gasteiger partial charge in [0.2, 0.25) is 0 Å². The van der Waals surface area contributed by atoms with Gasteiger partial charge in [-0.15, -0.1) is 0 Å². The molecule has 0 aliphatic carbocycles. The van der Waals surface area contributed by atoms with E-state index < -0.39 is 17.5 Å². The van der Waals surface area contributed by atoms with Gasteiger partial charge in [-0.25, -0.2) is 4.79 Å². The van der Waals surface area contributed by atoms with Gasteiger partial charge < -0.3 is 4.74 Å². The van der Waals surface area contributed by atoms with Gasteiger partial charge in [0.15, 0.2) is 12.4 Å². The Morgan fingerprint density at radius 3 is 2.35 bits per heavy atom. The monoisotopic (exact) mass is 349 g/mol. The summed E-state index contributed by atoms with van der Waals surface area (Å²) in [5.74, 6) is -1.01. The molecule has 0 bridgehead atoms. The minimum atomic E-state index is -0.697. The largest absolute Gasteiger partial charge is 0.454 e. The third kappa shape index (κ3) is 3.59. The summed E-state index contributed by atoms with van der Waals surface area (Å²) >= 11 is 0. The lowest BCUT2D eigenvalue weighted by Crippen LogP contribution is -2.14. The number of carbonyl (C=O) groups excluding carboxylic acids is 2. The molecule has 0 N–H and O–H groups in total. The summed E-state index contributed by atoms with van der Waals surface area (Å²) in [4.78, 5) is 34.6. The van der Waals surface area contributed by atoms with E-state index in [1.807, 2.05) is 30.3 Å². The van der Waals surface area contributed by atoms with Gasteiger partial charge in [0, 0.05) is 17.2 Å². The van der Waals surface area contributed by atoms with Crippen molar-refractivity contribution in [3.05, 3.63) is 87.5 Å². The minimum Gasteiger partial charge on any atom is -0.454 e. The van der Waals surface area contributed by atoms with Crippen LogP contribution in [0, 0.1) is 17.0 Å². The van der Waals surface area contributed by atoms with Crippen LogP contribution in [0.2, 0.25) is 0 Å². The standard InChI is InChI=1S/C20H15NO5/c1-13-10-17(8-9-18(13)21(24)25)20(23)26-12-19(22)16-7-6-14-4-2-3-5-15(14)11-16/h2-11H,12H2,1H3. The fourth-order valence-electron chi connectivity index (χ4n) is 2.65. The van der Waals surface area contributed by atoms with Crippen molar-refractivity contribution in [2.45, 2.75) is 6.92 Å². The third-order valence-electron chi connectivity index (χ3n) is 4.03. The van der Waals surface area contributed by atoms with Crippen LogP contribution in [0.1, 0.15) is 26.3 Å². The number of ketones is 1. The molecule has 3 aromatic rings. The average Bonchev–Trinajstić information content (AvgIpc) is 2.65. The first kappa shape index (κ1) is 17.3. The van der Waals surface area contributed by atoms with Gasteiger partial charge in [-0.3, -0.25) is 14.9 Å². The first-order valence-electron chi connectivity index (χ1n) is 7.90. The lowest BCUT2D eigenvalue weighted by atomic mass is 10.0. The van der Waals surface area contributed by atoms with Gasteiger partial charge in [0.1, 0.15) is 0 Å². The molecule has 0 fully saturated rings. The number of aryl methyl sites for hydroxylation is 1. The van der Waals surface area contributed by atoms with Crippen LogP contribution < -0.4 is 0 Å². The van der Waals surface area contributed by atoms with Gasteiger partial charge in [0.25, 0.3) is 5.69 Å². The minimum absolute atomic E-state index is 0.0752. The Labute approximate surface area is 149 Å². The summed E-state index contributed by atoms with van der Waals surface area (Å²) in [6, 6.07) is 16.9. The fourth-order valence-corrected chi connectivity index (χ4v) is 2.65. The Balaban J connectivity index is 1.69. The number of ether oxygens (including phenoxy) is 1. The zero-order valence-corrected chi connectivity index (χ0v) is 14.0. The van der Waals surface area contributed by atoms with Gasteiger partial charge in [-0.2, -0.15) is 0 Å². The average molecular weight is 349 g/mol. The Hall–Kier alpha value is -3.54. The molecule has 26 heavy (non-hydrogen) atoms. The predicted octanol–water partition coefficient (Wildman–Crippen LogP) is 4.10. The normalized spacial score (nSPS) is 10.5. The molecule has 0 saturated carbocycles. The highest BCUT2D eigenvalue weighted by Gasteiger charge is 2.16. The molecular formula is C20H15NO5. The second-order valence-corrected chi connectivity index (χ2v) is 5.82. The van der Waals surface area contributed by atoms with Crippen molar-refractivity contribution < 1.29 is 19.2 Å². The number of esters is 1. The molecule has 0 amide bonds. The van der Waals surface area contributed by atoms with E-state index in [1.165, 1.54) is 25.1 Å². The zero-order valence-electron chi connectivity index (χ0n) is 14.0. The highest BCUT2D eigenvalue weighted by Crippen LogP contribution is 2.20. The van der Waals surface area contributed by atoms with Crippen LogP contribution in [0.25, 0.3) is 10.8 Å². The number of fused-ring (bicyclic) bond motifs is 1. The second-order valence-electron chi connectivity index (χ2n) is 5.82. The van der Waals surface area contributed by atoms with Gasteiger partial charge in [0.05, 0.1) is 10.5 Å². The van der Waals surface area contributed by atoms with Crippen LogP contribution in [-0.2, 0) is 4.74 Å². The molecule has 0 aliphatic rings. The van der Waals surface area contributed by atoms with Crippen LogP contribution in [0.4, 0.5) is 5.69 Å². The van der Waals surface area contributed by atoms with Crippen molar-refractivity contribution in [1.82, 2.24) is 0 Å². The van der Waals surface area contributed by atoms with Crippen LogP contribution in [0.5, 0.6) is 0 Å². The fraction of sp³-hybridized carbons (Fsp3) is 0.100. The van der Waals surface area contributed by atoms with Crippen molar-refractivity contribution in [3.63, 3.8) is 0 Å². The maximum Gasteiger partial charge on any atom is 0.338 e. The van der Waals surface area contributed by atoms with Gasteiger partial charge in [-0.1, -0.05) is 36.4 Å². The number of hydrogen-bond donors (Lipinski definition) is 0. The highest BCUT2D eigenvalue weighted by atomic mass is 16.6. The molecule has 0 saturated heterocycles. The molecule has 0 aromatic heterocycles. The van der Waals surface area contributed by atoms with Gasteiger partial charge in [-0.05, 0) is 35.9 Å². The van der Waals surface area contributed by atoms with Crippen molar-refractivity contribution in [2.24, 2.45) is 0 Å². The topological polar surface area (TPSA) is 86.5 Å². The van der Waals surface area contributed by atoms with Crippen molar-refractivity contribution in [2.75, 3.05) is 6.61 Å². The summed E-state index contributed by atoms with van der Waals surface area (Å²) in [6.07, 6.45) is 0. The van der Waals surface area contributed by atoms with E-state index in [0.717, 1.165) is 10.8 Å². The maximum atomic E-state index is 12.3. The lowest BCUT2D eigenvalue weighted by Gasteiger charge is -2.06. The molecule has 0 aliphatic heterocycles. The number of nitro groups is 1. The Bertz CT molecular complexity index is 1030. The third-order valence-corrected chi connectivity index (χ3v) is 4.03. The number of Topliss-reactive ketones (excluding diaryl/α,β-unsaturated/α-hetero) is 1. The number of nitrogens with zero attached hydrogens (tertiary/aromatic N) is 1. The molecule has 0 spiro atoms. The van der Waals surface area contributed by atoms with E-state index >= 15 is 0 Å².